The average Bonchev–Trinajstić information content (AvgIpc) is 3.22. The summed E-state index contributed by atoms with van der Waals surface area (Å²) >= 11 is 0. The Bertz CT molecular complexity index is 1160. The first-order chi connectivity index (χ1) is 14.8. The molecule has 4 heterocycles. The molecule has 5 rings (SSSR count). The van der Waals surface area contributed by atoms with Crippen molar-refractivity contribution in [3.05, 3.63) is 30.7 Å². The molecular weight excluding hydrogens is 417 g/mol. The zero-order valence-corrected chi connectivity index (χ0v) is 16.1. The second kappa shape index (κ2) is 7.00. The van der Waals surface area contributed by atoms with Crippen molar-refractivity contribution in [3.63, 3.8) is 0 Å². The minimum absolute atomic E-state index is 0.0295. The summed E-state index contributed by atoms with van der Waals surface area (Å²) in [4.78, 5) is 21.6. The second-order valence-electron chi connectivity index (χ2n) is 7.36. The number of alkyl halides is 3. The van der Waals surface area contributed by atoms with Crippen LogP contribution in [0.4, 0.5) is 18.9 Å². The minimum atomic E-state index is -4.43. The summed E-state index contributed by atoms with van der Waals surface area (Å²) in [7, 11) is 0. The van der Waals surface area contributed by atoms with E-state index in [0.717, 1.165) is 16.7 Å². The molecule has 0 unspecified atom stereocenters. The topological polar surface area (TPSA) is 98.3 Å². The highest BCUT2D eigenvalue weighted by Crippen LogP contribution is 2.38. The SMILES string of the molecule is O=C(O)[C@@H]1CCN1c1ccc2c(c1)OCCn1cc(-c3ncnn3CC(F)(F)F)nc1-2. The van der Waals surface area contributed by atoms with E-state index in [2.05, 4.69) is 15.1 Å². The number of hydrogen-bond donors (Lipinski definition) is 1. The highest BCUT2D eigenvalue weighted by atomic mass is 19.4. The average molecular weight is 434 g/mol. The van der Waals surface area contributed by atoms with E-state index < -0.39 is 24.7 Å². The predicted octanol–water partition coefficient (Wildman–Crippen LogP) is 2.43. The fourth-order valence-electron chi connectivity index (χ4n) is 3.86. The van der Waals surface area contributed by atoms with Gasteiger partial charge in [0.05, 0.1) is 12.1 Å². The number of hydrogen-bond acceptors (Lipinski definition) is 6. The Labute approximate surface area is 173 Å². The number of benzene rings is 1. The van der Waals surface area contributed by atoms with Crippen LogP contribution in [0.15, 0.2) is 30.7 Å². The van der Waals surface area contributed by atoms with E-state index in [1.165, 1.54) is 0 Å². The highest BCUT2D eigenvalue weighted by molar-refractivity contribution is 5.81. The molecular formula is C19H17F3N6O3. The summed E-state index contributed by atoms with van der Waals surface area (Å²) in [6, 6.07) is 4.81. The van der Waals surface area contributed by atoms with Crippen LogP contribution in [0.2, 0.25) is 0 Å². The molecule has 1 aromatic carbocycles. The quantitative estimate of drug-likeness (QED) is 0.674. The van der Waals surface area contributed by atoms with Gasteiger partial charge in [0.2, 0.25) is 0 Å². The lowest BCUT2D eigenvalue weighted by atomic mass is 10.0. The Morgan fingerprint density at radius 3 is 2.81 bits per heavy atom. The molecule has 0 spiro atoms. The fourth-order valence-corrected chi connectivity index (χ4v) is 3.86. The van der Waals surface area contributed by atoms with Crippen molar-refractivity contribution in [2.24, 2.45) is 0 Å². The number of aliphatic carboxylic acids is 1. The van der Waals surface area contributed by atoms with Gasteiger partial charge in [-0.2, -0.15) is 18.3 Å². The van der Waals surface area contributed by atoms with Crippen molar-refractivity contribution in [3.8, 4) is 28.7 Å². The fraction of sp³-hybridized carbons (Fsp3) is 0.368. The van der Waals surface area contributed by atoms with Gasteiger partial charge in [0.1, 0.15) is 42.8 Å². The van der Waals surface area contributed by atoms with Gasteiger partial charge in [-0.15, -0.1) is 0 Å². The first kappa shape index (κ1) is 19.4. The van der Waals surface area contributed by atoms with Crippen molar-refractivity contribution in [1.82, 2.24) is 24.3 Å². The number of carbonyl (C=O) groups is 1. The van der Waals surface area contributed by atoms with Gasteiger partial charge in [-0.1, -0.05) is 0 Å². The maximum absolute atomic E-state index is 12.8. The smallest absolute Gasteiger partial charge is 0.408 e. The van der Waals surface area contributed by atoms with Crippen LogP contribution in [0.25, 0.3) is 22.9 Å². The van der Waals surface area contributed by atoms with Gasteiger partial charge in [0.15, 0.2) is 5.82 Å². The van der Waals surface area contributed by atoms with Crippen LogP contribution in [-0.2, 0) is 17.9 Å². The summed E-state index contributed by atoms with van der Waals surface area (Å²) in [5, 5.41) is 13.0. The summed E-state index contributed by atoms with van der Waals surface area (Å²) in [5.41, 5.74) is 1.69. The number of anilines is 1. The van der Waals surface area contributed by atoms with Crippen molar-refractivity contribution in [2.75, 3.05) is 18.1 Å². The lowest BCUT2D eigenvalue weighted by molar-refractivity contribution is -0.142. The molecule has 2 aliphatic rings. The van der Waals surface area contributed by atoms with Gasteiger partial charge in [0, 0.05) is 24.5 Å². The van der Waals surface area contributed by atoms with Gasteiger partial charge in [0.25, 0.3) is 0 Å². The third kappa shape index (κ3) is 3.47. The largest absolute Gasteiger partial charge is 0.491 e. The molecule has 12 heteroatoms. The van der Waals surface area contributed by atoms with Crippen molar-refractivity contribution in [2.45, 2.75) is 31.7 Å². The first-order valence-electron chi connectivity index (χ1n) is 9.59. The number of halogens is 3. The standard InChI is InChI=1S/C19H17F3N6O3/c20-19(21,22)9-28-17(23-10-24-28)13-8-26-5-6-31-15-7-11(1-2-12(15)16(26)25-13)27-4-3-14(27)18(29)30/h1-2,7-8,10,14H,3-6,9H2,(H,29,30)/t14-/m0/s1. The Kier molecular flexibility index (Phi) is 4.38. The molecule has 2 aliphatic heterocycles. The lowest BCUT2D eigenvalue weighted by Gasteiger charge is -2.40. The molecule has 0 saturated carbocycles. The molecule has 1 saturated heterocycles. The van der Waals surface area contributed by atoms with Gasteiger partial charge >= 0.3 is 12.1 Å². The third-order valence-electron chi connectivity index (χ3n) is 5.38. The monoisotopic (exact) mass is 434 g/mol. The summed E-state index contributed by atoms with van der Waals surface area (Å²) in [6.07, 6.45) is -1.14. The van der Waals surface area contributed by atoms with Crippen molar-refractivity contribution in [1.29, 1.82) is 0 Å². The van der Waals surface area contributed by atoms with Crippen LogP contribution >= 0.6 is 0 Å². The van der Waals surface area contributed by atoms with E-state index in [-0.39, 0.29) is 11.5 Å². The van der Waals surface area contributed by atoms with E-state index in [1.807, 2.05) is 0 Å². The minimum Gasteiger partial charge on any atom is -0.491 e. The lowest BCUT2D eigenvalue weighted by Crippen LogP contribution is -2.52. The van der Waals surface area contributed by atoms with Crippen LogP contribution in [0.5, 0.6) is 5.75 Å². The maximum atomic E-state index is 12.8. The highest BCUT2D eigenvalue weighted by Gasteiger charge is 2.35. The zero-order valence-electron chi connectivity index (χ0n) is 16.1. The molecule has 0 aliphatic carbocycles. The Morgan fingerprint density at radius 1 is 1.26 bits per heavy atom. The number of ether oxygens (including phenoxy) is 1. The van der Waals surface area contributed by atoms with Crippen LogP contribution in [0.1, 0.15) is 6.42 Å². The number of aromatic nitrogens is 5. The Hall–Kier alpha value is -3.57. The summed E-state index contributed by atoms with van der Waals surface area (Å²) in [6.45, 7) is 0.162. The molecule has 0 radical (unpaired) electrons. The van der Waals surface area contributed by atoms with Crippen LogP contribution in [0.3, 0.4) is 0 Å². The van der Waals surface area contributed by atoms with Gasteiger partial charge in [-0.25, -0.2) is 19.4 Å². The summed E-state index contributed by atoms with van der Waals surface area (Å²) < 4.78 is 46.9. The van der Waals surface area contributed by atoms with E-state index in [9.17, 15) is 23.1 Å². The number of imidazole rings is 1. The van der Waals surface area contributed by atoms with E-state index in [1.54, 1.807) is 33.9 Å². The molecule has 0 bridgehead atoms. The molecule has 9 nitrogen and oxygen atoms in total. The first-order valence-corrected chi connectivity index (χ1v) is 9.59. The molecule has 2 aromatic heterocycles. The molecule has 162 valence electrons. The Morgan fingerprint density at radius 2 is 2.10 bits per heavy atom. The van der Waals surface area contributed by atoms with Gasteiger partial charge in [-0.3, -0.25) is 0 Å². The Balaban J connectivity index is 1.50. The van der Waals surface area contributed by atoms with Gasteiger partial charge in [-0.05, 0) is 18.6 Å². The number of carboxylic acid groups (broad SMARTS) is 1. The maximum Gasteiger partial charge on any atom is 0.408 e. The van der Waals surface area contributed by atoms with Crippen molar-refractivity contribution >= 4 is 11.7 Å². The van der Waals surface area contributed by atoms with Crippen LogP contribution < -0.4 is 9.64 Å². The summed E-state index contributed by atoms with van der Waals surface area (Å²) in [5.74, 6) is 0.238. The zero-order chi connectivity index (χ0) is 21.8. The molecule has 0 amide bonds. The number of rotatable bonds is 4. The second-order valence-corrected chi connectivity index (χ2v) is 7.36. The molecule has 1 atom stereocenters. The third-order valence-corrected chi connectivity index (χ3v) is 5.38. The van der Waals surface area contributed by atoms with Gasteiger partial charge < -0.3 is 19.3 Å². The number of fused-ring (bicyclic) bond motifs is 3. The van der Waals surface area contributed by atoms with Crippen LogP contribution in [0, 0.1) is 0 Å². The molecule has 1 fully saturated rings. The molecule has 1 N–H and O–H groups in total. The van der Waals surface area contributed by atoms with Crippen molar-refractivity contribution < 1.29 is 27.8 Å². The van der Waals surface area contributed by atoms with E-state index in [0.29, 0.717) is 43.3 Å². The predicted molar refractivity (Wildman–Crippen MR) is 102 cm³/mol. The van der Waals surface area contributed by atoms with E-state index >= 15 is 0 Å². The number of nitrogens with zero attached hydrogens (tertiary/aromatic N) is 6. The van der Waals surface area contributed by atoms with Crippen LogP contribution in [-0.4, -0.2) is 60.8 Å². The normalized spacial score (nSPS) is 17.9. The van der Waals surface area contributed by atoms with E-state index in [4.69, 9.17) is 4.74 Å². The molecule has 31 heavy (non-hydrogen) atoms. The molecule has 3 aromatic rings. The number of carboxylic acids is 1.